The fourth-order valence-electron chi connectivity index (χ4n) is 2.46. The van der Waals surface area contributed by atoms with E-state index in [1.54, 1.807) is 0 Å². The van der Waals surface area contributed by atoms with E-state index in [0.717, 1.165) is 19.6 Å². The Morgan fingerprint density at radius 2 is 1.93 bits per heavy atom. The zero-order chi connectivity index (χ0) is 21.4. The SMILES string of the molecule is CCS(=O)(=O)C(F)(F)C(Cn1cncn1)(OP(=O)(O)O)c1ccc(F)cc1F. The first-order valence-electron chi connectivity index (χ1n) is 7.40. The van der Waals surface area contributed by atoms with E-state index in [1.807, 2.05) is 0 Å². The predicted octanol–water partition coefficient (Wildman–Crippen LogP) is 1.59. The van der Waals surface area contributed by atoms with Gasteiger partial charge in [-0.15, -0.1) is 0 Å². The quantitative estimate of drug-likeness (QED) is 0.461. The van der Waals surface area contributed by atoms with Crippen LogP contribution in [0.3, 0.4) is 0 Å². The molecule has 0 radical (unpaired) electrons. The highest BCUT2D eigenvalue weighted by molar-refractivity contribution is 7.92. The van der Waals surface area contributed by atoms with Crippen LogP contribution in [0.1, 0.15) is 12.5 Å². The number of nitrogens with zero attached hydrogens (tertiary/aromatic N) is 3. The molecule has 15 heteroatoms. The highest BCUT2D eigenvalue weighted by atomic mass is 32.2. The van der Waals surface area contributed by atoms with Gasteiger partial charge in [-0.1, -0.05) is 6.92 Å². The Morgan fingerprint density at radius 1 is 1.29 bits per heavy atom. The smallest absolute Gasteiger partial charge is 0.303 e. The van der Waals surface area contributed by atoms with Crippen LogP contribution >= 0.6 is 7.82 Å². The molecule has 2 aromatic rings. The van der Waals surface area contributed by atoms with Crippen LogP contribution in [-0.4, -0.2) is 44.0 Å². The number of phosphoric acid groups is 1. The maximum Gasteiger partial charge on any atom is 0.470 e. The van der Waals surface area contributed by atoms with Gasteiger partial charge < -0.3 is 9.79 Å². The number of hydrogen-bond acceptors (Lipinski definition) is 6. The molecule has 1 aromatic heterocycles. The molecular formula is C13H14F4N3O6PS. The second kappa shape index (κ2) is 7.52. The second-order valence-corrected chi connectivity index (χ2v) is 9.03. The molecule has 1 aromatic carbocycles. The molecule has 156 valence electrons. The Balaban J connectivity index is 2.92. The second-order valence-electron chi connectivity index (χ2n) is 5.55. The topological polar surface area (TPSA) is 132 Å². The van der Waals surface area contributed by atoms with Crippen molar-refractivity contribution in [2.75, 3.05) is 5.75 Å². The van der Waals surface area contributed by atoms with Gasteiger partial charge in [-0.25, -0.2) is 31.4 Å². The Morgan fingerprint density at radius 3 is 2.39 bits per heavy atom. The van der Waals surface area contributed by atoms with Crippen molar-refractivity contribution in [1.29, 1.82) is 0 Å². The third-order valence-electron chi connectivity index (χ3n) is 3.73. The minimum absolute atomic E-state index is 0.142. The summed E-state index contributed by atoms with van der Waals surface area (Å²) in [5, 5.41) is -1.60. The predicted molar refractivity (Wildman–Crippen MR) is 85.6 cm³/mol. The number of benzene rings is 1. The Kier molecular flexibility index (Phi) is 6.02. The van der Waals surface area contributed by atoms with Crippen molar-refractivity contribution in [1.82, 2.24) is 14.8 Å². The van der Waals surface area contributed by atoms with E-state index in [4.69, 9.17) is 0 Å². The summed E-state index contributed by atoms with van der Waals surface area (Å²) in [5.74, 6) is -4.08. The summed E-state index contributed by atoms with van der Waals surface area (Å²) in [6.07, 6.45) is 1.67. The van der Waals surface area contributed by atoms with Crippen molar-refractivity contribution in [3.05, 3.63) is 48.1 Å². The molecule has 0 bridgehead atoms. The molecule has 9 nitrogen and oxygen atoms in total. The van der Waals surface area contributed by atoms with E-state index in [-0.39, 0.29) is 6.07 Å². The van der Waals surface area contributed by atoms with Gasteiger partial charge in [0.15, 0.2) is 0 Å². The molecule has 1 heterocycles. The van der Waals surface area contributed by atoms with Crippen LogP contribution in [0.2, 0.25) is 0 Å². The zero-order valence-electron chi connectivity index (χ0n) is 14.0. The van der Waals surface area contributed by atoms with Crippen LogP contribution in [0, 0.1) is 11.6 Å². The van der Waals surface area contributed by atoms with E-state index < -0.39 is 58.0 Å². The Hall–Kier alpha value is -1.86. The van der Waals surface area contributed by atoms with Crippen LogP contribution in [0.15, 0.2) is 30.9 Å². The third kappa shape index (κ3) is 4.10. The zero-order valence-corrected chi connectivity index (χ0v) is 15.7. The van der Waals surface area contributed by atoms with Crippen LogP contribution in [0.5, 0.6) is 0 Å². The molecule has 1 unspecified atom stereocenters. The van der Waals surface area contributed by atoms with Crippen LogP contribution in [0.4, 0.5) is 17.6 Å². The standard InChI is InChI=1S/C13H14F4N3O6PS/c1-2-28(24,25)13(16,17)12(26-27(21,22)23,6-20-8-18-7-19-20)10-4-3-9(14)5-11(10)15/h3-5,7-8H,2,6H2,1H3,(H2,21,22,23). The van der Waals surface area contributed by atoms with Gasteiger partial charge in [-0.3, -0.25) is 4.52 Å². The normalized spacial score (nSPS) is 15.4. The van der Waals surface area contributed by atoms with Crippen molar-refractivity contribution in [3.8, 4) is 0 Å². The molecule has 2 rings (SSSR count). The summed E-state index contributed by atoms with van der Waals surface area (Å²) in [5.41, 5.74) is -5.10. The van der Waals surface area contributed by atoms with Gasteiger partial charge in [-0.2, -0.15) is 13.9 Å². The molecule has 0 aliphatic heterocycles. The van der Waals surface area contributed by atoms with Crippen LogP contribution < -0.4 is 0 Å². The lowest BCUT2D eigenvalue weighted by Gasteiger charge is -2.39. The summed E-state index contributed by atoms with van der Waals surface area (Å²) in [6.45, 7) is -0.519. The summed E-state index contributed by atoms with van der Waals surface area (Å²) in [7, 11) is -11.3. The Labute approximate surface area is 156 Å². The fraction of sp³-hybridized carbons (Fsp3) is 0.385. The van der Waals surface area contributed by atoms with Crippen molar-refractivity contribution in [2.45, 2.75) is 24.3 Å². The minimum atomic E-state index is -5.85. The average molecular weight is 447 g/mol. The molecule has 0 fully saturated rings. The van der Waals surface area contributed by atoms with E-state index in [0.29, 0.717) is 16.8 Å². The molecule has 2 N–H and O–H groups in total. The summed E-state index contributed by atoms with van der Waals surface area (Å²) >= 11 is 0. The van der Waals surface area contributed by atoms with Gasteiger partial charge in [0.25, 0.3) is 0 Å². The molecule has 0 saturated heterocycles. The number of sulfone groups is 1. The molecule has 0 aliphatic rings. The van der Waals surface area contributed by atoms with E-state index in [9.17, 15) is 31.6 Å². The molecule has 1 atom stereocenters. The van der Waals surface area contributed by atoms with Crippen LogP contribution in [-0.2, 0) is 31.1 Å². The number of alkyl halides is 2. The first kappa shape index (κ1) is 22.4. The van der Waals surface area contributed by atoms with E-state index in [2.05, 4.69) is 14.6 Å². The number of aromatic nitrogens is 3. The van der Waals surface area contributed by atoms with Crippen molar-refractivity contribution >= 4 is 17.7 Å². The summed E-state index contributed by atoms with van der Waals surface area (Å²) in [4.78, 5) is 21.9. The first-order valence-corrected chi connectivity index (χ1v) is 10.6. The molecular weight excluding hydrogens is 433 g/mol. The van der Waals surface area contributed by atoms with Gasteiger partial charge in [-0.05, 0) is 12.1 Å². The maximum absolute atomic E-state index is 15.2. The highest BCUT2D eigenvalue weighted by Gasteiger charge is 2.67. The highest BCUT2D eigenvalue weighted by Crippen LogP contribution is 2.55. The van der Waals surface area contributed by atoms with Gasteiger partial charge >= 0.3 is 13.1 Å². The molecule has 0 saturated carbocycles. The molecule has 0 amide bonds. The van der Waals surface area contributed by atoms with Gasteiger partial charge in [0.1, 0.15) is 24.3 Å². The number of hydrogen-bond donors (Lipinski definition) is 2. The minimum Gasteiger partial charge on any atom is -0.303 e. The van der Waals surface area contributed by atoms with Crippen molar-refractivity contribution in [2.24, 2.45) is 0 Å². The average Bonchev–Trinajstić information content (AvgIpc) is 3.05. The first-order chi connectivity index (χ1) is 12.8. The van der Waals surface area contributed by atoms with Crippen LogP contribution in [0.25, 0.3) is 0 Å². The van der Waals surface area contributed by atoms with Gasteiger partial charge in [0.2, 0.25) is 15.4 Å². The summed E-state index contributed by atoms with van der Waals surface area (Å²) < 4.78 is 98.7. The molecule has 0 aliphatic carbocycles. The number of rotatable bonds is 8. The van der Waals surface area contributed by atoms with Gasteiger partial charge in [0.05, 0.1) is 12.3 Å². The fourth-order valence-corrected chi connectivity index (χ4v) is 4.28. The van der Waals surface area contributed by atoms with E-state index in [1.165, 1.54) is 0 Å². The number of phosphoric ester groups is 1. The number of halogens is 4. The molecule has 28 heavy (non-hydrogen) atoms. The lowest BCUT2D eigenvalue weighted by Crippen LogP contribution is -2.55. The molecule has 0 spiro atoms. The van der Waals surface area contributed by atoms with Gasteiger partial charge in [0, 0.05) is 11.6 Å². The lowest BCUT2D eigenvalue weighted by atomic mass is 9.93. The maximum atomic E-state index is 15.2. The lowest BCUT2D eigenvalue weighted by molar-refractivity contribution is -0.137. The Bertz CT molecular complexity index is 998. The van der Waals surface area contributed by atoms with Crippen molar-refractivity contribution < 1.29 is 44.9 Å². The third-order valence-corrected chi connectivity index (χ3v) is 6.15. The van der Waals surface area contributed by atoms with Crippen molar-refractivity contribution in [3.63, 3.8) is 0 Å². The van der Waals surface area contributed by atoms with E-state index >= 15 is 8.78 Å². The largest absolute Gasteiger partial charge is 0.470 e. The summed E-state index contributed by atoms with van der Waals surface area (Å²) in [6, 6.07) is 1.06. The monoisotopic (exact) mass is 447 g/mol.